The molecule has 2 N–H and O–H groups in total. The van der Waals surface area contributed by atoms with Gasteiger partial charge in [-0.15, -0.1) is 22.7 Å². The number of thiophene rings is 2. The van der Waals surface area contributed by atoms with Crippen molar-refractivity contribution >= 4 is 55.5 Å². The predicted molar refractivity (Wildman–Crippen MR) is 82.8 cm³/mol. The van der Waals surface area contributed by atoms with Crippen molar-refractivity contribution < 1.29 is 9.59 Å². The van der Waals surface area contributed by atoms with Gasteiger partial charge < -0.3 is 10.6 Å². The van der Waals surface area contributed by atoms with Gasteiger partial charge in [0, 0.05) is 11.9 Å². The summed E-state index contributed by atoms with van der Waals surface area (Å²) in [5.74, 6) is -0.365. The lowest BCUT2D eigenvalue weighted by Gasteiger charge is -2.14. The normalized spacial score (nSPS) is 19.6. The largest absolute Gasteiger partial charge is 0.354 e. The predicted octanol–water partition coefficient (Wildman–Crippen LogP) is 3.01. The molecule has 0 bridgehead atoms. The first-order chi connectivity index (χ1) is 9.66. The number of hydrogen-bond donors (Lipinski definition) is 2. The first-order valence-corrected chi connectivity index (χ1v) is 8.48. The summed E-state index contributed by atoms with van der Waals surface area (Å²) in [6.07, 6.45) is 2.56. The fourth-order valence-electron chi connectivity index (χ4n) is 2.24. The summed E-state index contributed by atoms with van der Waals surface area (Å²) in [7, 11) is 0. The lowest BCUT2D eigenvalue weighted by molar-refractivity contribution is -0.122. The summed E-state index contributed by atoms with van der Waals surface area (Å²) in [6, 6.07) is 1.45. The van der Waals surface area contributed by atoms with Gasteiger partial charge in [0.25, 0.3) is 5.91 Å². The third kappa shape index (κ3) is 2.55. The molecule has 2 aromatic heterocycles. The van der Waals surface area contributed by atoms with Gasteiger partial charge in [-0.25, -0.2) is 0 Å². The average Bonchev–Trinajstić information content (AvgIpc) is 2.94. The van der Waals surface area contributed by atoms with Crippen LogP contribution < -0.4 is 10.6 Å². The molecular formula is C13H13ClN2O2S2. The molecule has 20 heavy (non-hydrogen) atoms. The van der Waals surface area contributed by atoms with Gasteiger partial charge in [0.1, 0.15) is 10.9 Å². The highest BCUT2D eigenvalue weighted by Crippen LogP contribution is 2.38. The van der Waals surface area contributed by atoms with Crippen LogP contribution in [0.2, 0.25) is 5.02 Å². The van der Waals surface area contributed by atoms with E-state index in [1.807, 2.05) is 11.4 Å². The highest BCUT2D eigenvalue weighted by molar-refractivity contribution is 7.38. The molecule has 2 amide bonds. The van der Waals surface area contributed by atoms with Crippen LogP contribution in [0.25, 0.3) is 9.40 Å². The van der Waals surface area contributed by atoms with E-state index in [2.05, 4.69) is 10.6 Å². The number of carbonyl (C=O) groups is 2. The van der Waals surface area contributed by atoms with Gasteiger partial charge in [0.2, 0.25) is 5.91 Å². The molecule has 1 saturated heterocycles. The van der Waals surface area contributed by atoms with Crippen molar-refractivity contribution in [1.82, 2.24) is 10.6 Å². The fourth-order valence-corrected chi connectivity index (χ4v) is 4.77. The van der Waals surface area contributed by atoms with Crippen LogP contribution in [0.5, 0.6) is 0 Å². The molecule has 106 valence electrons. The lowest BCUT2D eigenvalue weighted by Crippen LogP contribution is -2.45. The van der Waals surface area contributed by atoms with Crippen LogP contribution in [0.15, 0.2) is 11.4 Å². The monoisotopic (exact) mass is 328 g/mol. The number of carbonyl (C=O) groups excluding carboxylic acids is 2. The number of nitrogens with one attached hydrogen (secondary N) is 2. The second-order valence-electron chi connectivity index (χ2n) is 4.68. The van der Waals surface area contributed by atoms with Gasteiger partial charge in [-0.3, -0.25) is 9.59 Å². The number of amides is 2. The minimum atomic E-state index is -0.457. The van der Waals surface area contributed by atoms with Crippen molar-refractivity contribution in [2.75, 3.05) is 6.54 Å². The zero-order valence-corrected chi connectivity index (χ0v) is 13.0. The molecule has 0 radical (unpaired) electrons. The minimum Gasteiger partial charge on any atom is -0.354 e. The quantitative estimate of drug-likeness (QED) is 0.890. The zero-order valence-electron chi connectivity index (χ0n) is 10.6. The van der Waals surface area contributed by atoms with E-state index in [1.54, 1.807) is 11.3 Å². The summed E-state index contributed by atoms with van der Waals surface area (Å²) in [4.78, 5) is 24.6. The molecule has 3 rings (SSSR count). The van der Waals surface area contributed by atoms with E-state index in [4.69, 9.17) is 11.6 Å². The Morgan fingerprint density at radius 3 is 3.10 bits per heavy atom. The second kappa shape index (κ2) is 5.71. The molecule has 3 heterocycles. The maximum atomic E-state index is 12.3. The smallest absolute Gasteiger partial charge is 0.263 e. The Hall–Kier alpha value is -1.11. The molecule has 1 aliphatic rings. The molecule has 7 heteroatoms. The third-order valence-electron chi connectivity index (χ3n) is 3.31. The Balaban J connectivity index is 1.79. The molecule has 1 atom stereocenters. The molecule has 0 spiro atoms. The van der Waals surface area contributed by atoms with Gasteiger partial charge in [-0.2, -0.15) is 0 Å². The SMILES string of the molecule is O=C(N[C@@H]1CCCCNC1=O)c1sc2sccc2c1Cl. The molecule has 0 aromatic carbocycles. The number of hydrogen-bond acceptors (Lipinski definition) is 4. The third-order valence-corrected chi connectivity index (χ3v) is 6.06. The van der Waals surface area contributed by atoms with Gasteiger partial charge >= 0.3 is 0 Å². The van der Waals surface area contributed by atoms with E-state index in [0.717, 1.165) is 22.2 Å². The Morgan fingerprint density at radius 1 is 1.45 bits per heavy atom. The molecular weight excluding hydrogens is 316 g/mol. The van der Waals surface area contributed by atoms with Crippen LogP contribution in [-0.4, -0.2) is 24.4 Å². The van der Waals surface area contributed by atoms with E-state index in [9.17, 15) is 9.59 Å². The second-order valence-corrected chi connectivity index (χ2v) is 7.25. The van der Waals surface area contributed by atoms with Crippen molar-refractivity contribution in [1.29, 1.82) is 0 Å². The van der Waals surface area contributed by atoms with Crippen LogP contribution in [0.4, 0.5) is 0 Å². The summed E-state index contributed by atoms with van der Waals surface area (Å²) in [5, 5.41) is 8.95. The van der Waals surface area contributed by atoms with Crippen molar-refractivity contribution in [3.05, 3.63) is 21.3 Å². The molecule has 4 nitrogen and oxygen atoms in total. The first-order valence-electron chi connectivity index (χ1n) is 6.41. The minimum absolute atomic E-state index is 0.106. The van der Waals surface area contributed by atoms with E-state index >= 15 is 0 Å². The van der Waals surface area contributed by atoms with Crippen LogP contribution in [0.1, 0.15) is 28.9 Å². The molecule has 0 unspecified atom stereocenters. The highest BCUT2D eigenvalue weighted by Gasteiger charge is 2.25. The van der Waals surface area contributed by atoms with Gasteiger partial charge in [-0.1, -0.05) is 11.6 Å². The average molecular weight is 329 g/mol. The van der Waals surface area contributed by atoms with Crippen molar-refractivity contribution in [2.45, 2.75) is 25.3 Å². The molecule has 0 saturated carbocycles. The van der Waals surface area contributed by atoms with E-state index in [-0.39, 0.29) is 11.8 Å². The lowest BCUT2D eigenvalue weighted by atomic mass is 10.1. The molecule has 1 fully saturated rings. The van der Waals surface area contributed by atoms with Crippen molar-refractivity contribution in [2.24, 2.45) is 0 Å². The summed E-state index contributed by atoms with van der Waals surface area (Å²) >= 11 is 9.18. The van der Waals surface area contributed by atoms with Gasteiger partial charge in [-0.05, 0) is 30.7 Å². The van der Waals surface area contributed by atoms with E-state index in [0.29, 0.717) is 22.9 Å². The fraction of sp³-hybridized carbons (Fsp3) is 0.385. The number of halogens is 1. The number of rotatable bonds is 2. The van der Waals surface area contributed by atoms with Gasteiger partial charge in [0.05, 0.1) is 9.04 Å². The highest BCUT2D eigenvalue weighted by atomic mass is 35.5. The zero-order chi connectivity index (χ0) is 14.1. The Labute approximate surface area is 129 Å². The summed E-state index contributed by atoms with van der Waals surface area (Å²) in [6.45, 7) is 0.681. The van der Waals surface area contributed by atoms with Crippen molar-refractivity contribution in [3.63, 3.8) is 0 Å². The van der Waals surface area contributed by atoms with Crippen molar-refractivity contribution in [3.8, 4) is 0 Å². The number of fused-ring (bicyclic) bond motifs is 1. The van der Waals surface area contributed by atoms with Crippen LogP contribution in [0, 0.1) is 0 Å². The Bertz CT molecular complexity index is 664. The molecule has 2 aromatic rings. The van der Waals surface area contributed by atoms with Crippen LogP contribution in [0.3, 0.4) is 0 Å². The maximum absolute atomic E-state index is 12.3. The maximum Gasteiger partial charge on any atom is 0.263 e. The first kappa shape index (κ1) is 13.9. The van der Waals surface area contributed by atoms with Crippen LogP contribution in [-0.2, 0) is 4.79 Å². The van der Waals surface area contributed by atoms with Crippen LogP contribution >= 0.6 is 34.3 Å². The summed E-state index contributed by atoms with van der Waals surface area (Å²) < 4.78 is 1.03. The standard InChI is InChI=1S/C13H13ClN2O2S2/c14-9-7-4-6-19-13(7)20-10(9)12(18)16-8-3-1-2-5-15-11(8)17/h4,6,8H,1-3,5H2,(H,15,17)(H,16,18)/t8-/m1/s1. The Kier molecular flexibility index (Phi) is 3.96. The topological polar surface area (TPSA) is 58.2 Å². The van der Waals surface area contributed by atoms with E-state index < -0.39 is 6.04 Å². The van der Waals surface area contributed by atoms with E-state index in [1.165, 1.54) is 11.3 Å². The van der Waals surface area contributed by atoms with Gasteiger partial charge in [0.15, 0.2) is 0 Å². The molecule has 1 aliphatic heterocycles. The summed E-state index contributed by atoms with van der Waals surface area (Å²) in [5.41, 5.74) is 0. The Morgan fingerprint density at radius 2 is 2.30 bits per heavy atom. The molecule has 0 aliphatic carbocycles.